The molecule has 0 aliphatic carbocycles. The summed E-state index contributed by atoms with van der Waals surface area (Å²) in [6.45, 7) is 10.3. The number of benzene rings is 1. The number of pyridine rings is 1. The van der Waals surface area contributed by atoms with Crippen LogP contribution in [-0.2, 0) is 22.4 Å². The van der Waals surface area contributed by atoms with Crippen molar-refractivity contribution in [2.45, 2.75) is 58.4 Å². The molecule has 4 heterocycles. The van der Waals surface area contributed by atoms with E-state index in [1.807, 2.05) is 45.9 Å². The Bertz CT molecular complexity index is 1040. The Labute approximate surface area is 182 Å². The Hall–Kier alpha value is -2.45. The van der Waals surface area contributed by atoms with E-state index in [1.165, 1.54) is 6.07 Å². The predicted molar refractivity (Wildman–Crippen MR) is 117 cm³/mol. The molecule has 1 amide bonds. The third-order valence-corrected chi connectivity index (χ3v) is 7.01. The Morgan fingerprint density at radius 1 is 1.16 bits per heavy atom. The molecule has 0 N–H and O–H groups in total. The average molecular weight is 423 g/mol. The molecule has 3 aliphatic heterocycles. The van der Waals surface area contributed by atoms with Crippen LogP contribution in [0.1, 0.15) is 55.7 Å². The summed E-state index contributed by atoms with van der Waals surface area (Å²) in [7, 11) is -0.629. The molecule has 5 rings (SSSR count). The first-order valence-corrected chi connectivity index (χ1v) is 10.8. The van der Waals surface area contributed by atoms with Gasteiger partial charge in [-0.1, -0.05) is 6.07 Å². The fraction of sp³-hybridized carbons (Fsp3) is 0.478. The molecule has 0 atom stereocenters. The molecular formula is C23H27BFN3O3. The lowest BCUT2D eigenvalue weighted by Gasteiger charge is -2.36. The van der Waals surface area contributed by atoms with Crippen LogP contribution in [0.2, 0.25) is 0 Å². The van der Waals surface area contributed by atoms with Crippen LogP contribution in [0, 0.1) is 5.82 Å². The fourth-order valence-electron chi connectivity index (χ4n) is 4.26. The van der Waals surface area contributed by atoms with E-state index in [4.69, 9.17) is 9.31 Å². The largest absolute Gasteiger partial charge is 0.495 e. The molecule has 2 saturated heterocycles. The molecule has 1 aromatic carbocycles. The Kier molecular flexibility index (Phi) is 4.64. The van der Waals surface area contributed by atoms with Gasteiger partial charge < -0.3 is 19.1 Å². The van der Waals surface area contributed by atoms with Crippen molar-refractivity contribution in [1.29, 1.82) is 0 Å². The third-order valence-electron chi connectivity index (χ3n) is 7.01. The van der Waals surface area contributed by atoms with E-state index in [0.717, 1.165) is 30.8 Å². The number of aromatic nitrogens is 1. The number of carbonyl (C=O) groups excluding carboxylic acids is 1. The van der Waals surface area contributed by atoms with Crippen LogP contribution in [0.3, 0.4) is 0 Å². The van der Waals surface area contributed by atoms with Crippen molar-refractivity contribution in [3.8, 4) is 0 Å². The van der Waals surface area contributed by atoms with Crippen molar-refractivity contribution in [3.63, 3.8) is 0 Å². The van der Waals surface area contributed by atoms with E-state index < -0.39 is 18.3 Å². The van der Waals surface area contributed by atoms with Gasteiger partial charge in [-0.15, -0.1) is 0 Å². The van der Waals surface area contributed by atoms with Crippen molar-refractivity contribution < 1.29 is 18.5 Å². The number of halogens is 1. The lowest BCUT2D eigenvalue weighted by Crippen LogP contribution is -2.41. The first kappa shape index (κ1) is 20.5. The normalized spacial score (nSPS) is 21.5. The molecule has 0 unspecified atom stereocenters. The average Bonchev–Trinajstić information content (AvgIpc) is 3.09. The van der Waals surface area contributed by atoms with Crippen LogP contribution in [0.25, 0.3) is 0 Å². The number of carbonyl (C=O) groups is 1. The van der Waals surface area contributed by atoms with E-state index in [1.54, 1.807) is 11.1 Å². The molecule has 8 heteroatoms. The zero-order valence-electron chi connectivity index (χ0n) is 18.4. The SMILES string of the molecule is CC1(C)OB(c2cc(F)c(CN3Cc4cccnc4C3=O)c(N3CCC3)c2)OC1(C)C. The van der Waals surface area contributed by atoms with Crippen molar-refractivity contribution in [1.82, 2.24) is 9.88 Å². The van der Waals surface area contributed by atoms with Crippen LogP contribution in [0.5, 0.6) is 0 Å². The smallest absolute Gasteiger partial charge is 0.399 e. The number of amides is 1. The second kappa shape index (κ2) is 7.03. The highest BCUT2D eigenvalue weighted by Crippen LogP contribution is 2.37. The minimum atomic E-state index is -0.629. The monoisotopic (exact) mass is 423 g/mol. The fourth-order valence-corrected chi connectivity index (χ4v) is 4.26. The highest BCUT2D eigenvalue weighted by atomic mass is 19.1. The molecule has 6 nitrogen and oxygen atoms in total. The zero-order chi connectivity index (χ0) is 22.0. The maximum atomic E-state index is 15.5. The van der Waals surface area contributed by atoms with E-state index in [9.17, 15) is 4.79 Å². The zero-order valence-corrected chi connectivity index (χ0v) is 18.4. The number of anilines is 1. The molecule has 162 valence electrons. The van der Waals surface area contributed by atoms with Crippen LogP contribution < -0.4 is 10.4 Å². The standard InChI is InChI=1S/C23H27BFN3O3/c1-22(2)23(3,4)31-24(30-22)16-11-18(25)17(19(12-16)27-9-6-10-27)14-28-13-15-7-5-8-26-20(15)21(28)29/h5,7-8,11-12H,6,9-10,13-14H2,1-4H3. The van der Waals surface area contributed by atoms with Gasteiger partial charge in [0.1, 0.15) is 11.5 Å². The number of hydrogen-bond donors (Lipinski definition) is 0. The van der Waals surface area contributed by atoms with Gasteiger partial charge in [-0.2, -0.15) is 0 Å². The quantitative estimate of drug-likeness (QED) is 0.708. The van der Waals surface area contributed by atoms with Crippen molar-refractivity contribution in [2.75, 3.05) is 18.0 Å². The number of nitrogens with zero attached hydrogens (tertiary/aromatic N) is 3. The van der Waals surface area contributed by atoms with Gasteiger partial charge >= 0.3 is 7.12 Å². The van der Waals surface area contributed by atoms with Gasteiger partial charge in [0, 0.05) is 42.6 Å². The molecular weight excluding hydrogens is 396 g/mol. The minimum absolute atomic E-state index is 0.153. The van der Waals surface area contributed by atoms with E-state index in [0.29, 0.717) is 23.3 Å². The summed E-state index contributed by atoms with van der Waals surface area (Å²) in [6, 6.07) is 7.17. The third kappa shape index (κ3) is 3.33. The molecule has 0 saturated carbocycles. The lowest BCUT2D eigenvalue weighted by molar-refractivity contribution is 0.00578. The summed E-state index contributed by atoms with van der Waals surface area (Å²) >= 11 is 0. The molecule has 31 heavy (non-hydrogen) atoms. The Morgan fingerprint density at radius 2 is 1.87 bits per heavy atom. The summed E-state index contributed by atoms with van der Waals surface area (Å²) in [5.41, 5.74) is 2.36. The topological polar surface area (TPSA) is 54.9 Å². The molecule has 3 aliphatic rings. The van der Waals surface area contributed by atoms with Gasteiger partial charge in [0.2, 0.25) is 0 Å². The lowest BCUT2D eigenvalue weighted by atomic mass is 9.78. The van der Waals surface area contributed by atoms with Crippen molar-refractivity contribution in [3.05, 3.63) is 53.1 Å². The second-order valence-corrected chi connectivity index (χ2v) is 9.60. The molecule has 0 spiro atoms. The van der Waals surface area contributed by atoms with Crippen LogP contribution in [0.15, 0.2) is 30.5 Å². The van der Waals surface area contributed by atoms with Gasteiger partial charge in [-0.05, 0) is 57.8 Å². The summed E-state index contributed by atoms with van der Waals surface area (Å²) in [6.07, 6.45) is 2.69. The van der Waals surface area contributed by atoms with Crippen molar-refractivity contribution in [2.24, 2.45) is 0 Å². The second-order valence-electron chi connectivity index (χ2n) is 9.60. The summed E-state index contributed by atoms with van der Waals surface area (Å²) in [4.78, 5) is 20.8. The molecule has 1 aromatic heterocycles. The molecule has 2 aromatic rings. The summed E-state index contributed by atoms with van der Waals surface area (Å²) in [5.74, 6) is -0.495. The van der Waals surface area contributed by atoms with Crippen molar-refractivity contribution >= 4 is 24.2 Å². The number of fused-ring (bicyclic) bond motifs is 1. The number of rotatable bonds is 4. The maximum absolute atomic E-state index is 15.5. The van der Waals surface area contributed by atoms with Gasteiger partial charge in [0.05, 0.1) is 17.7 Å². The number of hydrogen-bond acceptors (Lipinski definition) is 5. The van der Waals surface area contributed by atoms with Crippen LogP contribution >= 0.6 is 0 Å². The van der Waals surface area contributed by atoms with Gasteiger partial charge in [-0.25, -0.2) is 4.39 Å². The predicted octanol–water partition coefficient (Wildman–Crippen LogP) is 2.89. The first-order valence-electron chi connectivity index (χ1n) is 10.8. The van der Waals surface area contributed by atoms with E-state index >= 15 is 4.39 Å². The summed E-state index contributed by atoms with van der Waals surface area (Å²) in [5, 5.41) is 0. The first-order chi connectivity index (χ1) is 14.7. The van der Waals surface area contributed by atoms with Gasteiger partial charge in [-0.3, -0.25) is 9.78 Å². The van der Waals surface area contributed by atoms with Gasteiger partial charge in [0.25, 0.3) is 5.91 Å². The summed E-state index contributed by atoms with van der Waals surface area (Å²) < 4.78 is 27.8. The minimum Gasteiger partial charge on any atom is -0.399 e. The Morgan fingerprint density at radius 3 is 2.48 bits per heavy atom. The Balaban J connectivity index is 1.47. The van der Waals surface area contributed by atoms with Crippen LogP contribution in [0.4, 0.5) is 10.1 Å². The molecule has 2 fully saturated rings. The highest BCUT2D eigenvalue weighted by molar-refractivity contribution is 6.62. The van der Waals surface area contributed by atoms with Gasteiger partial charge in [0.15, 0.2) is 0 Å². The van der Waals surface area contributed by atoms with E-state index in [2.05, 4.69) is 9.88 Å². The van der Waals surface area contributed by atoms with E-state index in [-0.39, 0.29) is 18.3 Å². The maximum Gasteiger partial charge on any atom is 0.495 e. The van der Waals surface area contributed by atoms with Crippen LogP contribution in [-0.4, -0.2) is 47.2 Å². The molecule has 0 bridgehead atoms. The highest BCUT2D eigenvalue weighted by Gasteiger charge is 2.52. The molecule has 0 radical (unpaired) electrons.